The zero-order valence-electron chi connectivity index (χ0n) is 15.1. The van der Waals surface area contributed by atoms with Crippen LogP contribution in [0.2, 0.25) is 0 Å². The highest BCUT2D eigenvalue weighted by Gasteiger charge is 2.11. The Kier molecular flexibility index (Phi) is 4.70. The molecule has 0 bridgehead atoms. The summed E-state index contributed by atoms with van der Waals surface area (Å²) >= 11 is 0. The maximum atomic E-state index is 12.6. The molecule has 3 aromatic rings. The van der Waals surface area contributed by atoms with Crippen molar-refractivity contribution in [2.75, 3.05) is 5.32 Å². The number of aromatic nitrogens is 2. The van der Waals surface area contributed by atoms with Gasteiger partial charge in [0.1, 0.15) is 0 Å². The summed E-state index contributed by atoms with van der Waals surface area (Å²) in [5.41, 5.74) is 6.77. The lowest BCUT2D eigenvalue weighted by molar-refractivity contribution is 0.102. The SMILES string of the molecule is CCc1cccc(C)c1NC(=O)c1ccc(-n2nc(C)cc2C)cc1. The highest BCUT2D eigenvalue weighted by atomic mass is 16.1. The van der Waals surface area contributed by atoms with Gasteiger partial charge in [0, 0.05) is 16.9 Å². The summed E-state index contributed by atoms with van der Waals surface area (Å²) in [5.74, 6) is -0.0936. The van der Waals surface area contributed by atoms with Gasteiger partial charge in [-0.25, -0.2) is 4.68 Å². The third-order valence-electron chi connectivity index (χ3n) is 4.36. The first kappa shape index (κ1) is 17.0. The Bertz CT molecular complexity index is 907. The molecule has 4 nitrogen and oxygen atoms in total. The molecule has 25 heavy (non-hydrogen) atoms. The zero-order chi connectivity index (χ0) is 18.0. The fourth-order valence-electron chi connectivity index (χ4n) is 3.03. The minimum atomic E-state index is -0.0936. The van der Waals surface area contributed by atoms with E-state index in [-0.39, 0.29) is 5.91 Å². The number of amides is 1. The molecule has 128 valence electrons. The van der Waals surface area contributed by atoms with Crippen molar-refractivity contribution >= 4 is 11.6 Å². The van der Waals surface area contributed by atoms with E-state index in [0.29, 0.717) is 5.56 Å². The van der Waals surface area contributed by atoms with Crippen LogP contribution in [0.1, 0.15) is 39.8 Å². The quantitative estimate of drug-likeness (QED) is 0.758. The first-order valence-corrected chi connectivity index (χ1v) is 8.53. The number of nitrogens with zero attached hydrogens (tertiary/aromatic N) is 2. The van der Waals surface area contributed by atoms with Crippen LogP contribution in [0.5, 0.6) is 0 Å². The molecule has 0 unspecified atom stereocenters. The predicted octanol–water partition coefficient (Wildman–Crippen LogP) is 4.61. The zero-order valence-corrected chi connectivity index (χ0v) is 15.1. The van der Waals surface area contributed by atoms with E-state index in [1.54, 1.807) is 0 Å². The number of rotatable bonds is 4. The second-order valence-electron chi connectivity index (χ2n) is 6.30. The van der Waals surface area contributed by atoms with Gasteiger partial charge in [0.15, 0.2) is 0 Å². The molecule has 0 saturated carbocycles. The molecule has 1 N–H and O–H groups in total. The van der Waals surface area contributed by atoms with Crippen LogP contribution < -0.4 is 5.32 Å². The fourth-order valence-corrected chi connectivity index (χ4v) is 3.03. The topological polar surface area (TPSA) is 46.9 Å². The van der Waals surface area contributed by atoms with Crippen LogP contribution in [0.15, 0.2) is 48.5 Å². The maximum absolute atomic E-state index is 12.6. The van der Waals surface area contributed by atoms with Gasteiger partial charge in [0.25, 0.3) is 5.91 Å². The van der Waals surface area contributed by atoms with Gasteiger partial charge in [0.05, 0.1) is 11.4 Å². The lowest BCUT2D eigenvalue weighted by Gasteiger charge is -2.13. The average Bonchev–Trinajstić information content (AvgIpc) is 2.95. The van der Waals surface area contributed by atoms with Crippen molar-refractivity contribution < 1.29 is 4.79 Å². The van der Waals surface area contributed by atoms with E-state index < -0.39 is 0 Å². The number of aryl methyl sites for hydroxylation is 4. The van der Waals surface area contributed by atoms with E-state index in [0.717, 1.165) is 40.3 Å². The van der Waals surface area contributed by atoms with Crippen LogP contribution in [0.3, 0.4) is 0 Å². The van der Waals surface area contributed by atoms with Crippen LogP contribution >= 0.6 is 0 Å². The number of hydrogen-bond donors (Lipinski definition) is 1. The summed E-state index contributed by atoms with van der Waals surface area (Å²) in [7, 11) is 0. The molecule has 0 spiro atoms. The van der Waals surface area contributed by atoms with Crippen LogP contribution in [0.25, 0.3) is 5.69 Å². The lowest BCUT2D eigenvalue weighted by atomic mass is 10.1. The van der Waals surface area contributed by atoms with Crippen molar-refractivity contribution in [1.82, 2.24) is 9.78 Å². The van der Waals surface area contributed by atoms with Gasteiger partial charge in [-0.1, -0.05) is 25.1 Å². The Hall–Kier alpha value is -2.88. The van der Waals surface area contributed by atoms with Gasteiger partial charge in [-0.15, -0.1) is 0 Å². The van der Waals surface area contributed by atoms with Crippen molar-refractivity contribution in [3.63, 3.8) is 0 Å². The molecule has 0 saturated heterocycles. The van der Waals surface area contributed by atoms with E-state index >= 15 is 0 Å². The highest BCUT2D eigenvalue weighted by molar-refractivity contribution is 6.05. The third kappa shape index (κ3) is 3.48. The summed E-state index contributed by atoms with van der Waals surface area (Å²) in [6, 6.07) is 15.6. The minimum absolute atomic E-state index is 0.0936. The smallest absolute Gasteiger partial charge is 0.255 e. The van der Waals surface area contributed by atoms with Gasteiger partial charge < -0.3 is 5.32 Å². The molecular formula is C21H23N3O. The fraction of sp³-hybridized carbons (Fsp3) is 0.238. The largest absolute Gasteiger partial charge is 0.321 e. The van der Waals surface area contributed by atoms with Crippen LogP contribution in [-0.4, -0.2) is 15.7 Å². The first-order valence-electron chi connectivity index (χ1n) is 8.53. The molecule has 3 rings (SSSR count). The number of para-hydroxylation sites is 1. The Labute approximate surface area is 148 Å². The number of anilines is 1. The van der Waals surface area contributed by atoms with Crippen LogP contribution in [0.4, 0.5) is 5.69 Å². The average molecular weight is 333 g/mol. The van der Waals surface area contributed by atoms with Crippen molar-refractivity contribution in [3.8, 4) is 5.69 Å². The number of nitrogens with one attached hydrogen (secondary N) is 1. The number of benzene rings is 2. The van der Waals surface area contributed by atoms with Gasteiger partial charge in [-0.2, -0.15) is 5.10 Å². The van der Waals surface area contributed by atoms with Crippen molar-refractivity contribution in [2.45, 2.75) is 34.1 Å². The monoisotopic (exact) mass is 333 g/mol. The Morgan fingerprint density at radius 1 is 1.08 bits per heavy atom. The van der Waals surface area contributed by atoms with E-state index in [4.69, 9.17) is 0 Å². The highest BCUT2D eigenvalue weighted by Crippen LogP contribution is 2.22. The van der Waals surface area contributed by atoms with E-state index in [1.165, 1.54) is 0 Å². The number of carbonyl (C=O) groups excluding carboxylic acids is 1. The Morgan fingerprint density at radius 2 is 1.80 bits per heavy atom. The molecule has 4 heteroatoms. The molecule has 0 aliphatic heterocycles. The molecule has 0 fully saturated rings. The molecule has 0 atom stereocenters. The van der Waals surface area contributed by atoms with Crippen LogP contribution in [-0.2, 0) is 6.42 Å². The second-order valence-corrected chi connectivity index (χ2v) is 6.30. The molecule has 1 heterocycles. The molecule has 0 aliphatic rings. The Morgan fingerprint density at radius 3 is 2.40 bits per heavy atom. The molecule has 2 aromatic carbocycles. The van der Waals surface area contributed by atoms with Gasteiger partial charge in [0.2, 0.25) is 0 Å². The molecule has 0 radical (unpaired) electrons. The standard InChI is InChI=1S/C21H23N3O/c1-5-17-8-6-7-14(2)20(17)22-21(25)18-9-11-19(12-10-18)24-16(4)13-15(3)23-24/h6-13H,5H2,1-4H3,(H,22,25). The molecule has 1 aromatic heterocycles. The summed E-state index contributed by atoms with van der Waals surface area (Å²) in [6.07, 6.45) is 0.883. The number of carbonyl (C=O) groups is 1. The minimum Gasteiger partial charge on any atom is -0.321 e. The normalized spacial score (nSPS) is 10.7. The first-order chi connectivity index (χ1) is 12.0. The van der Waals surface area contributed by atoms with Gasteiger partial charge >= 0.3 is 0 Å². The van der Waals surface area contributed by atoms with Crippen LogP contribution in [0, 0.1) is 20.8 Å². The van der Waals surface area contributed by atoms with Crippen molar-refractivity contribution in [2.24, 2.45) is 0 Å². The lowest BCUT2D eigenvalue weighted by Crippen LogP contribution is -2.14. The third-order valence-corrected chi connectivity index (χ3v) is 4.36. The van der Waals surface area contributed by atoms with E-state index in [9.17, 15) is 4.79 Å². The molecular weight excluding hydrogens is 310 g/mol. The second kappa shape index (κ2) is 6.93. The summed E-state index contributed by atoms with van der Waals surface area (Å²) in [5, 5.41) is 7.53. The summed E-state index contributed by atoms with van der Waals surface area (Å²) < 4.78 is 1.88. The van der Waals surface area contributed by atoms with E-state index in [1.807, 2.05) is 67.9 Å². The van der Waals surface area contributed by atoms with Gasteiger partial charge in [-0.05, 0) is 68.7 Å². The summed E-state index contributed by atoms with van der Waals surface area (Å²) in [6.45, 7) is 8.10. The predicted molar refractivity (Wildman–Crippen MR) is 102 cm³/mol. The number of hydrogen-bond acceptors (Lipinski definition) is 2. The van der Waals surface area contributed by atoms with E-state index in [2.05, 4.69) is 23.4 Å². The maximum Gasteiger partial charge on any atom is 0.255 e. The van der Waals surface area contributed by atoms with Crippen molar-refractivity contribution in [1.29, 1.82) is 0 Å². The molecule has 1 amide bonds. The van der Waals surface area contributed by atoms with Crippen molar-refractivity contribution in [3.05, 3.63) is 76.6 Å². The van der Waals surface area contributed by atoms with Gasteiger partial charge in [-0.3, -0.25) is 4.79 Å². The summed E-state index contributed by atoms with van der Waals surface area (Å²) in [4.78, 5) is 12.6. The Balaban J connectivity index is 1.83. The molecule has 0 aliphatic carbocycles.